The van der Waals surface area contributed by atoms with E-state index in [0.717, 1.165) is 42.7 Å². The van der Waals surface area contributed by atoms with E-state index in [1.807, 2.05) is 36.4 Å². The van der Waals surface area contributed by atoms with E-state index >= 15 is 0 Å². The quantitative estimate of drug-likeness (QED) is 0.768. The number of anilines is 1. The van der Waals surface area contributed by atoms with Crippen molar-refractivity contribution >= 4 is 16.7 Å². The number of hydrogen-bond donors (Lipinski definition) is 2. The molecule has 1 aliphatic heterocycles. The van der Waals surface area contributed by atoms with Gasteiger partial charge >= 0.3 is 0 Å². The highest BCUT2D eigenvalue weighted by molar-refractivity contribution is 5.90. The number of phenolic OH excluding ortho intramolecular Hbond substituents is 1. The minimum atomic E-state index is 0.179. The van der Waals surface area contributed by atoms with Gasteiger partial charge in [-0.2, -0.15) is 0 Å². The van der Waals surface area contributed by atoms with Crippen molar-refractivity contribution in [3.05, 3.63) is 48.5 Å². The van der Waals surface area contributed by atoms with Gasteiger partial charge in [-0.15, -0.1) is 0 Å². The third kappa shape index (κ3) is 2.90. The zero-order valence-corrected chi connectivity index (χ0v) is 13.3. The molecule has 3 aromatic rings. The molecule has 4 rings (SSSR count). The number of phenols is 1. The molecule has 0 spiro atoms. The second kappa shape index (κ2) is 6.45. The maximum atomic E-state index is 10.1. The second-order valence-corrected chi connectivity index (χ2v) is 5.95. The molecule has 2 aromatic carbocycles. The van der Waals surface area contributed by atoms with E-state index in [2.05, 4.69) is 15.3 Å². The normalized spacial score (nSPS) is 17.2. The number of nitrogens with one attached hydrogen (secondary N) is 1. The lowest BCUT2D eigenvalue weighted by atomic mass is 10.1. The number of ether oxygens (including phenoxy) is 1. The Labute approximate surface area is 140 Å². The lowest BCUT2D eigenvalue weighted by Crippen LogP contribution is -2.19. The molecule has 0 amide bonds. The van der Waals surface area contributed by atoms with Gasteiger partial charge in [-0.3, -0.25) is 0 Å². The number of aromatic nitrogens is 2. The number of nitrogens with zero attached hydrogens (tertiary/aromatic N) is 2. The van der Waals surface area contributed by atoms with Gasteiger partial charge in [-0.05, 0) is 37.1 Å². The van der Waals surface area contributed by atoms with Crippen LogP contribution in [0, 0.1) is 0 Å². The summed E-state index contributed by atoms with van der Waals surface area (Å²) in [7, 11) is 0. The highest BCUT2D eigenvalue weighted by Crippen LogP contribution is 2.30. The first-order valence-electron chi connectivity index (χ1n) is 8.22. The van der Waals surface area contributed by atoms with E-state index in [1.165, 1.54) is 0 Å². The monoisotopic (exact) mass is 321 g/mol. The third-order valence-electron chi connectivity index (χ3n) is 4.27. The maximum absolute atomic E-state index is 10.1. The van der Waals surface area contributed by atoms with Crippen LogP contribution in [0.4, 0.5) is 5.82 Å². The Hall–Kier alpha value is -2.66. The van der Waals surface area contributed by atoms with E-state index in [4.69, 9.17) is 4.74 Å². The standard InChI is InChI=1S/C19H19N3O2/c23-17-10-4-2-8-15(17)19-21-16-9-3-1-7-14(16)18(22-19)20-12-13-6-5-11-24-13/h1-4,7-10,13,23H,5-6,11-12H2,(H,20,21,22)/t13-/m1/s1. The maximum Gasteiger partial charge on any atom is 0.165 e. The predicted octanol–water partition coefficient (Wildman–Crippen LogP) is 3.59. The van der Waals surface area contributed by atoms with Gasteiger partial charge in [-0.1, -0.05) is 24.3 Å². The summed E-state index contributed by atoms with van der Waals surface area (Å²) < 4.78 is 5.67. The Kier molecular flexibility index (Phi) is 4.01. The number of rotatable bonds is 4. The Morgan fingerprint density at radius 3 is 2.75 bits per heavy atom. The number of aromatic hydroxyl groups is 1. The molecule has 122 valence electrons. The van der Waals surface area contributed by atoms with Crippen molar-refractivity contribution in [3.8, 4) is 17.1 Å². The summed E-state index contributed by atoms with van der Waals surface area (Å²) in [5.41, 5.74) is 1.48. The van der Waals surface area contributed by atoms with Crippen molar-refractivity contribution in [2.45, 2.75) is 18.9 Å². The lowest BCUT2D eigenvalue weighted by molar-refractivity contribution is 0.120. The molecule has 0 radical (unpaired) electrons. The third-order valence-corrected chi connectivity index (χ3v) is 4.27. The number of para-hydroxylation sites is 2. The van der Waals surface area contributed by atoms with Crippen LogP contribution in [0.2, 0.25) is 0 Å². The molecule has 2 N–H and O–H groups in total. The fourth-order valence-corrected chi connectivity index (χ4v) is 3.01. The van der Waals surface area contributed by atoms with Crippen LogP contribution in [-0.2, 0) is 4.74 Å². The smallest absolute Gasteiger partial charge is 0.165 e. The van der Waals surface area contributed by atoms with Crippen LogP contribution in [0.5, 0.6) is 5.75 Å². The molecule has 24 heavy (non-hydrogen) atoms. The molecule has 5 nitrogen and oxygen atoms in total. The topological polar surface area (TPSA) is 67.3 Å². The summed E-state index contributed by atoms with van der Waals surface area (Å²) in [6.45, 7) is 1.56. The fourth-order valence-electron chi connectivity index (χ4n) is 3.01. The molecule has 1 fully saturated rings. The highest BCUT2D eigenvalue weighted by Gasteiger charge is 2.17. The first kappa shape index (κ1) is 14.9. The van der Waals surface area contributed by atoms with Gasteiger partial charge in [0.1, 0.15) is 11.6 Å². The van der Waals surface area contributed by atoms with Crippen molar-refractivity contribution < 1.29 is 9.84 Å². The van der Waals surface area contributed by atoms with Gasteiger partial charge in [0, 0.05) is 18.5 Å². The predicted molar refractivity (Wildman–Crippen MR) is 94.1 cm³/mol. The van der Waals surface area contributed by atoms with Crippen LogP contribution < -0.4 is 5.32 Å². The van der Waals surface area contributed by atoms with Crippen LogP contribution in [0.25, 0.3) is 22.3 Å². The van der Waals surface area contributed by atoms with Crippen molar-refractivity contribution in [2.75, 3.05) is 18.5 Å². The Morgan fingerprint density at radius 2 is 1.92 bits per heavy atom. The SMILES string of the molecule is Oc1ccccc1-c1nc(NC[C@H]2CCCO2)c2ccccc2n1. The number of fused-ring (bicyclic) bond motifs is 1. The second-order valence-electron chi connectivity index (χ2n) is 5.95. The average Bonchev–Trinajstić information content (AvgIpc) is 3.13. The molecule has 5 heteroatoms. The fraction of sp³-hybridized carbons (Fsp3) is 0.263. The lowest BCUT2D eigenvalue weighted by Gasteiger charge is -2.14. The van der Waals surface area contributed by atoms with Gasteiger partial charge in [0.25, 0.3) is 0 Å². The molecule has 0 aliphatic carbocycles. The molecule has 1 atom stereocenters. The summed E-state index contributed by atoms with van der Waals surface area (Å²) >= 11 is 0. The highest BCUT2D eigenvalue weighted by atomic mass is 16.5. The summed E-state index contributed by atoms with van der Waals surface area (Å²) in [5, 5.41) is 14.5. The van der Waals surface area contributed by atoms with E-state index in [9.17, 15) is 5.11 Å². The van der Waals surface area contributed by atoms with Crippen molar-refractivity contribution in [1.29, 1.82) is 0 Å². The minimum Gasteiger partial charge on any atom is -0.507 e. The minimum absolute atomic E-state index is 0.179. The molecule has 1 aromatic heterocycles. The zero-order valence-electron chi connectivity index (χ0n) is 13.3. The molecule has 1 aliphatic rings. The van der Waals surface area contributed by atoms with E-state index in [1.54, 1.807) is 12.1 Å². The van der Waals surface area contributed by atoms with Gasteiger partial charge < -0.3 is 15.2 Å². The van der Waals surface area contributed by atoms with Gasteiger partial charge in [0.15, 0.2) is 5.82 Å². The van der Waals surface area contributed by atoms with Crippen molar-refractivity contribution in [3.63, 3.8) is 0 Å². The Balaban J connectivity index is 1.74. The van der Waals surface area contributed by atoms with E-state index in [-0.39, 0.29) is 11.9 Å². The average molecular weight is 321 g/mol. The van der Waals surface area contributed by atoms with Gasteiger partial charge in [0.05, 0.1) is 17.2 Å². The number of benzene rings is 2. The van der Waals surface area contributed by atoms with Crippen molar-refractivity contribution in [2.24, 2.45) is 0 Å². The summed E-state index contributed by atoms with van der Waals surface area (Å²) in [4.78, 5) is 9.26. The summed E-state index contributed by atoms with van der Waals surface area (Å²) in [6, 6.07) is 15.0. The molecule has 0 saturated carbocycles. The van der Waals surface area contributed by atoms with Crippen LogP contribution in [-0.4, -0.2) is 34.3 Å². The molecule has 2 heterocycles. The van der Waals surface area contributed by atoms with E-state index in [0.29, 0.717) is 11.4 Å². The van der Waals surface area contributed by atoms with Crippen LogP contribution in [0.15, 0.2) is 48.5 Å². The molecular weight excluding hydrogens is 302 g/mol. The van der Waals surface area contributed by atoms with Gasteiger partial charge in [-0.25, -0.2) is 9.97 Å². The first-order chi connectivity index (χ1) is 11.8. The van der Waals surface area contributed by atoms with Crippen molar-refractivity contribution in [1.82, 2.24) is 9.97 Å². The molecular formula is C19H19N3O2. The van der Waals surface area contributed by atoms with Crippen LogP contribution in [0.3, 0.4) is 0 Å². The molecule has 0 bridgehead atoms. The number of hydrogen-bond acceptors (Lipinski definition) is 5. The summed E-state index contributed by atoms with van der Waals surface area (Å²) in [5.74, 6) is 1.47. The van der Waals surface area contributed by atoms with E-state index < -0.39 is 0 Å². The first-order valence-corrected chi connectivity index (χ1v) is 8.22. The largest absolute Gasteiger partial charge is 0.507 e. The Morgan fingerprint density at radius 1 is 1.08 bits per heavy atom. The summed E-state index contributed by atoms with van der Waals surface area (Å²) in [6.07, 6.45) is 2.41. The van der Waals surface area contributed by atoms with Crippen LogP contribution >= 0.6 is 0 Å². The Bertz CT molecular complexity index is 860. The molecule has 0 unspecified atom stereocenters. The zero-order chi connectivity index (χ0) is 16.4. The molecule has 1 saturated heterocycles. The van der Waals surface area contributed by atoms with Crippen LogP contribution in [0.1, 0.15) is 12.8 Å². The van der Waals surface area contributed by atoms with Gasteiger partial charge in [0.2, 0.25) is 0 Å².